The first-order valence-corrected chi connectivity index (χ1v) is 10.2. The maximum absolute atomic E-state index is 5.90. The number of hydrogen-bond acceptors (Lipinski definition) is 5. The molecule has 1 N–H and O–H groups in total. The van der Waals surface area contributed by atoms with Crippen molar-refractivity contribution in [1.29, 1.82) is 0 Å². The molecule has 4 rings (SSSR count). The molecule has 6 nitrogen and oxygen atoms in total. The number of ether oxygens (including phenoxy) is 1. The van der Waals surface area contributed by atoms with Gasteiger partial charge in [0.15, 0.2) is 5.82 Å². The summed E-state index contributed by atoms with van der Waals surface area (Å²) in [5.41, 5.74) is 1.84. The van der Waals surface area contributed by atoms with E-state index in [1.54, 1.807) is 10.9 Å². The van der Waals surface area contributed by atoms with Crippen LogP contribution < -0.4 is 4.74 Å². The third-order valence-electron chi connectivity index (χ3n) is 4.14. The second-order valence-electron chi connectivity index (χ2n) is 6.05. The van der Waals surface area contributed by atoms with Gasteiger partial charge in [0.05, 0.1) is 12.8 Å². The number of hydrogen-bond donors (Lipinski definition) is 1. The van der Waals surface area contributed by atoms with Crippen molar-refractivity contribution >= 4 is 34.4 Å². The maximum Gasteiger partial charge on any atom is 0.216 e. The zero-order chi connectivity index (χ0) is 20.2. The lowest BCUT2D eigenvalue weighted by Crippen LogP contribution is -1.95. The predicted molar refractivity (Wildman–Crippen MR) is 119 cm³/mol. The predicted octanol–water partition coefficient (Wildman–Crippen LogP) is 5.91. The van der Waals surface area contributed by atoms with Gasteiger partial charge in [0, 0.05) is 15.6 Å². The van der Waals surface area contributed by atoms with Crippen molar-refractivity contribution in [2.75, 3.05) is 6.61 Å². The highest BCUT2D eigenvalue weighted by molar-refractivity contribution is 9.10. The average Bonchev–Trinajstić information content (AvgIpc) is 3.34. The molecule has 0 saturated heterocycles. The number of benzene rings is 2. The Bertz CT molecular complexity index is 1210. The normalized spacial score (nSPS) is 11.2. The summed E-state index contributed by atoms with van der Waals surface area (Å²) in [5.74, 6) is 2.76. The summed E-state index contributed by atoms with van der Waals surface area (Å²) in [6, 6.07) is 19.3. The van der Waals surface area contributed by atoms with Crippen molar-refractivity contribution in [3.8, 4) is 28.5 Å². The van der Waals surface area contributed by atoms with E-state index in [4.69, 9.17) is 21.4 Å². The molecule has 0 saturated carbocycles. The van der Waals surface area contributed by atoms with E-state index in [-0.39, 0.29) is 0 Å². The number of aromatic amines is 1. The lowest BCUT2D eigenvalue weighted by molar-refractivity contribution is 0.340. The molecule has 0 amide bonds. The van der Waals surface area contributed by atoms with Crippen LogP contribution in [0.4, 0.5) is 0 Å². The van der Waals surface area contributed by atoms with E-state index in [1.165, 1.54) is 0 Å². The minimum Gasteiger partial charge on any atom is -0.494 e. The number of furan rings is 1. The molecule has 2 heterocycles. The minimum atomic E-state index is 0.391. The van der Waals surface area contributed by atoms with Crippen LogP contribution in [0.25, 0.3) is 22.7 Å². The van der Waals surface area contributed by atoms with E-state index in [0.717, 1.165) is 27.1 Å². The van der Waals surface area contributed by atoms with Gasteiger partial charge < -0.3 is 9.15 Å². The molecular weight excluding hydrogens is 452 g/mol. The van der Waals surface area contributed by atoms with Crippen molar-refractivity contribution in [3.63, 3.8) is 0 Å². The van der Waals surface area contributed by atoms with Gasteiger partial charge in [-0.25, -0.2) is 5.10 Å². The maximum atomic E-state index is 5.90. The Morgan fingerprint density at radius 3 is 2.72 bits per heavy atom. The first kappa shape index (κ1) is 19.4. The SMILES string of the molecule is CCOc1ccc(-c2n[nH]c(=S)n2/N=C/c2ccc(-c3ccccc3Br)o2)cc1. The summed E-state index contributed by atoms with van der Waals surface area (Å²) in [5, 5.41) is 11.5. The van der Waals surface area contributed by atoms with E-state index >= 15 is 0 Å². The number of halogens is 1. The average molecular weight is 469 g/mol. The molecule has 0 fully saturated rings. The van der Waals surface area contributed by atoms with E-state index in [1.807, 2.05) is 67.6 Å². The van der Waals surface area contributed by atoms with Crippen molar-refractivity contribution in [2.45, 2.75) is 6.92 Å². The van der Waals surface area contributed by atoms with E-state index < -0.39 is 0 Å². The van der Waals surface area contributed by atoms with Gasteiger partial charge in [-0.05, 0) is 61.6 Å². The number of nitrogens with zero attached hydrogens (tertiary/aromatic N) is 3. The quantitative estimate of drug-likeness (QED) is 0.282. The van der Waals surface area contributed by atoms with Crippen LogP contribution in [0.15, 0.2) is 74.7 Å². The lowest BCUT2D eigenvalue weighted by atomic mass is 10.2. The zero-order valence-electron chi connectivity index (χ0n) is 15.5. The van der Waals surface area contributed by atoms with Gasteiger partial charge in [-0.15, -0.1) is 0 Å². The third-order valence-corrected chi connectivity index (χ3v) is 5.10. The van der Waals surface area contributed by atoms with E-state index in [9.17, 15) is 0 Å². The second kappa shape index (κ2) is 8.59. The molecule has 0 aliphatic heterocycles. The third kappa shape index (κ3) is 4.23. The Hall–Kier alpha value is -2.97. The molecule has 0 bridgehead atoms. The van der Waals surface area contributed by atoms with E-state index in [2.05, 4.69) is 31.2 Å². The Balaban J connectivity index is 1.61. The Morgan fingerprint density at radius 1 is 1.17 bits per heavy atom. The summed E-state index contributed by atoms with van der Waals surface area (Å²) in [6.45, 7) is 2.57. The summed E-state index contributed by atoms with van der Waals surface area (Å²) in [6.07, 6.45) is 1.61. The summed E-state index contributed by atoms with van der Waals surface area (Å²) in [7, 11) is 0. The molecule has 2 aromatic heterocycles. The number of aromatic nitrogens is 3. The molecule has 0 spiro atoms. The lowest BCUT2D eigenvalue weighted by Gasteiger charge is -2.04. The fourth-order valence-electron chi connectivity index (χ4n) is 2.80. The van der Waals surface area contributed by atoms with Crippen molar-refractivity contribution in [3.05, 3.63) is 75.7 Å². The summed E-state index contributed by atoms with van der Waals surface area (Å²) < 4.78 is 14.3. The molecule has 2 aromatic carbocycles. The first-order valence-electron chi connectivity index (χ1n) is 8.95. The summed E-state index contributed by atoms with van der Waals surface area (Å²) >= 11 is 8.86. The zero-order valence-corrected chi connectivity index (χ0v) is 17.9. The van der Waals surface area contributed by atoms with Gasteiger partial charge in [-0.1, -0.05) is 34.1 Å². The molecule has 4 aromatic rings. The van der Waals surface area contributed by atoms with Gasteiger partial charge in [0.25, 0.3) is 0 Å². The molecule has 0 aliphatic rings. The number of H-pyrrole nitrogens is 1. The van der Waals surface area contributed by atoms with Gasteiger partial charge in [-0.2, -0.15) is 14.9 Å². The molecule has 146 valence electrons. The molecule has 0 aliphatic carbocycles. The van der Waals surface area contributed by atoms with Crippen LogP contribution in [-0.4, -0.2) is 27.7 Å². The van der Waals surface area contributed by atoms with Crippen LogP contribution in [0.2, 0.25) is 0 Å². The second-order valence-corrected chi connectivity index (χ2v) is 7.29. The van der Waals surface area contributed by atoms with Gasteiger partial charge >= 0.3 is 0 Å². The minimum absolute atomic E-state index is 0.391. The fraction of sp³-hybridized carbons (Fsp3) is 0.0952. The molecule has 0 atom stereocenters. The molecular formula is C21H17BrN4O2S. The van der Waals surface area contributed by atoms with Crippen molar-refractivity contribution < 1.29 is 9.15 Å². The summed E-state index contributed by atoms with van der Waals surface area (Å²) in [4.78, 5) is 0. The highest BCUT2D eigenvalue weighted by Gasteiger charge is 2.10. The Kier molecular flexibility index (Phi) is 5.73. The van der Waals surface area contributed by atoms with Crippen LogP contribution in [0.5, 0.6) is 5.75 Å². The Labute approximate surface area is 181 Å². The standard InChI is InChI=1S/C21H17BrN4O2S/c1-2-27-15-9-7-14(8-10-15)20-24-25-21(29)26(20)23-13-16-11-12-19(28-16)17-5-3-4-6-18(17)22/h3-13H,2H2,1H3,(H,25,29)/b23-13+. The largest absolute Gasteiger partial charge is 0.494 e. The van der Waals surface area contributed by atoms with Crippen LogP contribution in [0.3, 0.4) is 0 Å². The molecule has 0 unspecified atom stereocenters. The van der Waals surface area contributed by atoms with E-state index in [0.29, 0.717) is 23.0 Å². The van der Waals surface area contributed by atoms with Crippen molar-refractivity contribution in [2.24, 2.45) is 5.10 Å². The van der Waals surface area contributed by atoms with Gasteiger partial charge in [0.2, 0.25) is 4.77 Å². The van der Waals surface area contributed by atoms with Crippen LogP contribution >= 0.6 is 28.1 Å². The molecule has 8 heteroatoms. The smallest absolute Gasteiger partial charge is 0.216 e. The van der Waals surface area contributed by atoms with Gasteiger partial charge in [-0.3, -0.25) is 0 Å². The number of rotatable bonds is 6. The van der Waals surface area contributed by atoms with Crippen LogP contribution in [-0.2, 0) is 0 Å². The highest BCUT2D eigenvalue weighted by Crippen LogP contribution is 2.29. The fourth-order valence-corrected chi connectivity index (χ4v) is 3.45. The van der Waals surface area contributed by atoms with Crippen LogP contribution in [0, 0.1) is 4.77 Å². The molecule has 29 heavy (non-hydrogen) atoms. The monoisotopic (exact) mass is 468 g/mol. The molecule has 0 radical (unpaired) electrons. The van der Waals surface area contributed by atoms with Crippen molar-refractivity contribution in [1.82, 2.24) is 14.9 Å². The van der Waals surface area contributed by atoms with Crippen LogP contribution in [0.1, 0.15) is 12.7 Å². The first-order chi connectivity index (χ1) is 14.2. The number of nitrogens with one attached hydrogen (secondary N) is 1. The topological polar surface area (TPSA) is 68.3 Å². The Morgan fingerprint density at radius 2 is 1.97 bits per heavy atom. The highest BCUT2D eigenvalue weighted by atomic mass is 79.9. The van der Waals surface area contributed by atoms with Gasteiger partial charge in [0.1, 0.15) is 17.3 Å².